The van der Waals surface area contributed by atoms with Crippen molar-refractivity contribution in [2.45, 2.75) is 361 Å². The van der Waals surface area contributed by atoms with Gasteiger partial charge in [-0.2, -0.15) is 0 Å². The van der Waals surface area contributed by atoms with Crippen LogP contribution in [0.4, 0.5) is 0 Å². The number of rotatable bonds is 69. The number of amides is 2. The average Bonchev–Trinajstić information content (AvgIpc) is 3.44. The van der Waals surface area contributed by atoms with Crippen molar-refractivity contribution in [3.8, 4) is 0 Å². The van der Waals surface area contributed by atoms with Crippen molar-refractivity contribution in [2.24, 2.45) is 0 Å². The second-order valence-corrected chi connectivity index (χ2v) is 25.1. The Hall–Kier alpha value is -1.30. The van der Waals surface area contributed by atoms with Crippen LogP contribution in [0, 0.1) is 0 Å². The maximum Gasteiger partial charge on any atom is 0.233 e. The van der Waals surface area contributed by atoms with Gasteiger partial charge in [-0.3, -0.25) is 9.59 Å². The molecular formula is C70H144N6O4. The lowest BCUT2D eigenvalue weighted by molar-refractivity contribution is -0.121. The molecule has 0 rings (SSSR count). The van der Waals surface area contributed by atoms with Gasteiger partial charge in [0.05, 0.1) is 25.3 Å². The van der Waals surface area contributed by atoms with Crippen LogP contribution in [0.1, 0.15) is 349 Å². The van der Waals surface area contributed by atoms with Gasteiger partial charge < -0.3 is 41.3 Å². The van der Waals surface area contributed by atoms with Crippen LogP contribution in [-0.4, -0.2) is 123 Å². The highest BCUT2D eigenvalue weighted by Gasteiger charge is 2.16. The minimum atomic E-state index is -0.530. The second-order valence-electron chi connectivity index (χ2n) is 25.1. The van der Waals surface area contributed by atoms with E-state index in [1.54, 1.807) is 0 Å². The minimum absolute atomic E-state index is 0.0216. The molecule has 10 heteroatoms. The normalized spacial score (nSPS) is 12.6. The number of aliphatic hydroxyl groups excluding tert-OH is 2. The molecule has 0 spiro atoms. The van der Waals surface area contributed by atoms with Gasteiger partial charge in [-0.15, -0.1) is 0 Å². The van der Waals surface area contributed by atoms with Crippen molar-refractivity contribution in [3.05, 3.63) is 0 Å². The van der Waals surface area contributed by atoms with E-state index in [-0.39, 0.29) is 24.9 Å². The van der Waals surface area contributed by atoms with Gasteiger partial charge in [0.15, 0.2) is 0 Å². The number of nitrogens with zero attached hydrogens (tertiary/aromatic N) is 2. The molecule has 10 nitrogen and oxygen atoms in total. The van der Waals surface area contributed by atoms with E-state index in [1.165, 1.54) is 283 Å². The van der Waals surface area contributed by atoms with Crippen LogP contribution in [0.3, 0.4) is 0 Å². The summed E-state index contributed by atoms with van der Waals surface area (Å²) in [5, 5.41) is 35.2. The maximum atomic E-state index is 12.6. The first-order valence-electron chi connectivity index (χ1n) is 36.1. The third-order valence-corrected chi connectivity index (χ3v) is 16.8. The summed E-state index contributed by atoms with van der Waals surface area (Å²) in [6.45, 7) is 17.0. The smallest absolute Gasteiger partial charge is 0.233 e. The van der Waals surface area contributed by atoms with Crippen LogP contribution >= 0.6 is 0 Å². The molecule has 478 valence electrons. The number of carbonyl (C=O) groups is 2. The molecule has 0 bridgehead atoms. The van der Waals surface area contributed by atoms with E-state index in [4.69, 9.17) is 0 Å². The number of unbranched alkanes of at least 4 members (excludes halogenated alkanes) is 45. The fourth-order valence-corrected chi connectivity index (χ4v) is 11.6. The summed E-state index contributed by atoms with van der Waals surface area (Å²) in [6.07, 6.45) is 64.5. The largest absolute Gasteiger partial charge is 0.390 e. The molecule has 0 aromatic carbocycles. The summed E-state index contributed by atoms with van der Waals surface area (Å²) in [7, 11) is 0. The molecule has 0 saturated heterocycles. The Balaban J connectivity index is 5.00. The number of carbonyl (C=O) groups excluding carboxylic acids is 2. The Labute approximate surface area is 500 Å². The van der Waals surface area contributed by atoms with Gasteiger partial charge in [0.1, 0.15) is 0 Å². The number of nitrogens with one attached hydrogen (secondary N) is 4. The highest BCUT2D eigenvalue weighted by Crippen LogP contribution is 2.17. The molecule has 0 saturated carbocycles. The summed E-state index contributed by atoms with van der Waals surface area (Å²) < 4.78 is 0. The van der Waals surface area contributed by atoms with Crippen LogP contribution in [0.2, 0.25) is 0 Å². The highest BCUT2D eigenvalue weighted by molar-refractivity contribution is 5.78. The van der Waals surface area contributed by atoms with Gasteiger partial charge in [0.25, 0.3) is 0 Å². The molecule has 2 amide bonds. The van der Waals surface area contributed by atoms with Crippen LogP contribution in [0.5, 0.6) is 0 Å². The molecule has 2 atom stereocenters. The molecule has 2 unspecified atom stereocenters. The first kappa shape index (κ1) is 78.7. The summed E-state index contributed by atoms with van der Waals surface area (Å²) >= 11 is 0. The van der Waals surface area contributed by atoms with Crippen molar-refractivity contribution >= 4 is 11.8 Å². The maximum absolute atomic E-state index is 12.6. The Bertz CT molecular complexity index is 1120. The topological polar surface area (TPSA) is 129 Å². The molecule has 0 aliphatic heterocycles. The summed E-state index contributed by atoms with van der Waals surface area (Å²) in [6, 6.07) is 0. The monoisotopic (exact) mass is 1130 g/mol. The van der Waals surface area contributed by atoms with Crippen LogP contribution in [0.25, 0.3) is 0 Å². The Kier molecular flexibility index (Phi) is 65.7. The molecular weight excluding hydrogens is 989 g/mol. The molecule has 0 fully saturated rings. The van der Waals surface area contributed by atoms with Crippen molar-refractivity contribution in [2.75, 3.05) is 78.5 Å². The quantitative estimate of drug-likeness (QED) is 0.0332. The summed E-state index contributed by atoms with van der Waals surface area (Å²) in [5.41, 5.74) is 0. The fraction of sp³-hybridized carbons (Fsp3) is 0.971. The molecule has 0 radical (unpaired) electrons. The number of aliphatic hydroxyl groups is 2. The molecule has 80 heavy (non-hydrogen) atoms. The number of hydrogen-bond acceptors (Lipinski definition) is 8. The Morgan fingerprint density at radius 3 is 0.700 bits per heavy atom. The lowest BCUT2D eigenvalue weighted by Gasteiger charge is -2.27. The van der Waals surface area contributed by atoms with Gasteiger partial charge in [-0.25, -0.2) is 0 Å². The lowest BCUT2D eigenvalue weighted by Crippen LogP contribution is -2.43. The first-order chi connectivity index (χ1) is 39.4. The van der Waals surface area contributed by atoms with Gasteiger partial charge in [0, 0.05) is 39.3 Å². The van der Waals surface area contributed by atoms with Crippen LogP contribution in [-0.2, 0) is 9.59 Å². The highest BCUT2D eigenvalue weighted by atomic mass is 16.3. The van der Waals surface area contributed by atoms with E-state index in [2.05, 4.69) is 58.8 Å². The third kappa shape index (κ3) is 62.7. The SMILES string of the molecule is CCCCCCCCCCCCCCNC(=O)CNCC(O)CN(CCCCCCCCCCCCCC)CCCCN(CCCCCCCCCCCCCC)CC(O)CNCC(=O)NCCCCCCCCCCCCCC. The Morgan fingerprint density at radius 2 is 0.475 bits per heavy atom. The summed E-state index contributed by atoms with van der Waals surface area (Å²) in [4.78, 5) is 30.2. The Morgan fingerprint density at radius 1 is 0.287 bits per heavy atom. The van der Waals surface area contributed by atoms with Crippen molar-refractivity contribution in [1.29, 1.82) is 0 Å². The number of hydrogen-bond donors (Lipinski definition) is 6. The zero-order chi connectivity index (χ0) is 58.1. The lowest BCUT2D eigenvalue weighted by atomic mass is 10.1. The van der Waals surface area contributed by atoms with E-state index in [9.17, 15) is 19.8 Å². The van der Waals surface area contributed by atoms with E-state index in [0.29, 0.717) is 26.2 Å². The molecule has 0 heterocycles. The van der Waals surface area contributed by atoms with Crippen molar-refractivity contribution in [1.82, 2.24) is 31.1 Å². The van der Waals surface area contributed by atoms with Crippen molar-refractivity contribution in [3.63, 3.8) is 0 Å². The van der Waals surface area contributed by atoms with E-state index >= 15 is 0 Å². The second kappa shape index (κ2) is 66.8. The van der Waals surface area contributed by atoms with E-state index < -0.39 is 12.2 Å². The van der Waals surface area contributed by atoms with E-state index in [0.717, 1.165) is 77.8 Å². The molecule has 0 aliphatic rings. The average molecular weight is 1130 g/mol. The molecule has 0 aromatic rings. The van der Waals surface area contributed by atoms with Gasteiger partial charge >= 0.3 is 0 Å². The van der Waals surface area contributed by atoms with E-state index in [1.807, 2.05) is 0 Å². The zero-order valence-electron chi connectivity index (χ0n) is 54.6. The van der Waals surface area contributed by atoms with Crippen molar-refractivity contribution < 1.29 is 19.8 Å². The molecule has 0 aromatic heterocycles. The molecule has 0 aliphatic carbocycles. The first-order valence-corrected chi connectivity index (χ1v) is 36.1. The minimum Gasteiger partial charge on any atom is -0.390 e. The van der Waals surface area contributed by atoms with Gasteiger partial charge in [-0.1, -0.05) is 310 Å². The van der Waals surface area contributed by atoms with Gasteiger partial charge in [-0.05, 0) is 64.7 Å². The molecule has 6 N–H and O–H groups in total. The van der Waals surface area contributed by atoms with Crippen LogP contribution in [0.15, 0.2) is 0 Å². The van der Waals surface area contributed by atoms with Crippen LogP contribution < -0.4 is 21.3 Å². The van der Waals surface area contributed by atoms with Gasteiger partial charge in [0.2, 0.25) is 11.8 Å². The zero-order valence-corrected chi connectivity index (χ0v) is 54.6. The standard InChI is InChI=1S/C70H144N6O4/c1-5-9-13-17-21-25-29-33-37-41-45-49-55-73-69(79)63-71-61-67(77)65-75(57-51-47-43-39-35-31-27-23-19-15-11-7-3)59-53-54-60-76(58-52-48-44-40-36-32-28-24-20-16-12-8-4)66-68(78)62-72-64-70(80)74-56-50-46-42-38-34-30-26-22-18-14-10-6-2/h67-68,71-72,77-78H,5-66H2,1-4H3,(H,73,79)(H,74,80). The third-order valence-electron chi connectivity index (χ3n) is 16.8. The predicted octanol–water partition coefficient (Wildman–Crippen LogP) is 17.3. The fourth-order valence-electron chi connectivity index (χ4n) is 11.6. The summed E-state index contributed by atoms with van der Waals surface area (Å²) in [5.74, 6) is 0.0431. The predicted molar refractivity (Wildman–Crippen MR) is 350 cm³/mol.